The third kappa shape index (κ3) is 2.63. The van der Waals surface area contributed by atoms with Gasteiger partial charge in [0.1, 0.15) is 10.8 Å². The molecule has 0 aliphatic rings. The van der Waals surface area contributed by atoms with E-state index in [1.165, 1.54) is 17.0 Å². The highest BCUT2D eigenvalue weighted by Crippen LogP contribution is 2.31. The van der Waals surface area contributed by atoms with Gasteiger partial charge in [-0.1, -0.05) is 28.9 Å². The number of halogens is 2. The number of nitrogens with two attached hydrogens (primary N) is 1. The first-order valence-corrected chi connectivity index (χ1v) is 7.30. The van der Waals surface area contributed by atoms with Gasteiger partial charge in [-0.05, 0) is 31.0 Å². The van der Waals surface area contributed by atoms with Crippen molar-refractivity contribution in [1.29, 1.82) is 0 Å². The molecule has 0 saturated heterocycles. The van der Waals surface area contributed by atoms with E-state index < -0.39 is 0 Å². The zero-order valence-electron chi connectivity index (χ0n) is 10.2. The highest BCUT2D eigenvalue weighted by molar-refractivity contribution is 9.10. The first kappa shape index (κ1) is 13.6. The Balaban J connectivity index is 2.37. The molecule has 2 N–H and O–H groups in total. The smallest absolute Gasteiger partial charge is 0.124 e. The van der Waals surface area contributed by atoms with Crippen LogP contribution in [0.5, 0.6) is 0 Å². The number of rotatable bonds is 3. The van der Waals surface area contributed by atoms with E-state index in [0.717, 1.165) is 22.7 Å². The molecule has 1 aromatic heterocycles. The van der Waals surface area contributed by atoms with Crippen molar-refractivity contribution in [2.45, 2.75) is 26.3 Å². The molecular formula is C13H14BrFN2S. The fourth-order valence-corrected chi connectivity index (χ4v) is 3.43. The molecule has 2 nitrogen and oxygen atoms in total. The normalized spacial score (nSPS) is 12.7. The van der Waals surface area contributed by atoms with Crippen LogP contribution in [0.2, 0.25) is 0 Å². The van der Waals surface area contributed by atoms with Crippen LogP contribution in [0.15, 0.2) is 22.7 Å². The Bertz CT molecular complexity index is 568. The maximum atomic E-state index is 13.1. The average Bonchev–Trinajstić information content (AvgIpc) is 2.70. The summed E-state index contributed by atoms with van der Waals surface area (Å²) in [5.41, 5.74) is 8.14. The molecular weight excluding hydrogens is 315 g/mol. The number of thiazole rings is 1. The maximum Gasteiger partial charge on any atom is 0.124 e. The van der Waals surface area contributed by atoms with Crippen LogP contribution in [-0.2, 0) is 6.42 Å². The minimum Gasteiger partial charge on any atom is -0.318 e. The quantitative estimate of drug-likeness (QED) is 0.926. The van der Waals surface area contributed by atoms with Gasteiger partial charge in [0.15, 0.2) is 0 Å². The summed E-state index contributed by atoms with van der Waals surface area (Å²) in [5.74, 6) is -0.276. The molecule has 0 aliphatic heterocycles. The minimum absolute atomic E-state index is 0.276. The van der Waals surface area contributed by atoms with E-state index in [9.17, 15) is 4.39 Å². The van der Waals surface area contributed by atoms with Gasteiger partial charge in [-0.15, -0.1) is 11.3 Å². The Hall–Kier alpha value is -0.780. The van der Waals surface area contributed by atoms with Crippen LogP contribution >= 0.6 is 27.3 Å². The number of hydrogen-bond donors (Lipinski definition) is 1. The van der Waals surface area contributed by atoms with E-state index in [4.69, 9.17) is 5.73 Å². The van der Waals surface area contributed by atoms with Crippen molar-refractivity contribution in [3.05, 3.63) is 49.6 Å². The summed E-state index contributed by atoms with van der Waals surface area (Å²) in [5, 5.41) is 0.872. The van der Waals surface area contributed by atoms with Crippen molar-refractivity contribution in [2.75, 3.05) is 0 Å². The van der Waals surface area contributed by atoms with Gasteiger partial charge in [-0.2, -0.15) is 0 Å². The van der Waals surface area contributed by atoms with Crippen LogP contribution in [-0.4, -0.2) is 4.98 Å². The SMILES string of the molecule is CCc1nc(C(N)c2ccc(F)cc2Br)sc1C. The van der Waals surface area contributed by atoms with Crippen molar-refractivity contribution in [2.24, 2.45) is 5.73 Å². The molecule has 5 heteroatoms. The second-order valence-corrected chi connectivity index (χ2v) is 6.14. The Kier molecular flexibility index (Phi) is 4.14. The number of aryl methyl sites for hydroxylation is 2. The third-order valence-electron chi connectivity index (χ3n) is 2.81. The molecule has 2 rings (SSSR count). The molecule has 0 radical (unpaired) electrons. The van der Waals surface area contributed by atoms with Crippen molar-refractivity contribution in [3.63, 3.8) is 0 Å². The number of aromatic nitrogens is 1. The lowest BCUT2D eigenvalue weighted by Gasteiger charge is -2.11. The highest BCUT2D eigenvalue weighted by atomic mass is 79.9. The van der Waals surface area contributed by atoms with Crippen molar-refractivity contribution >= 4 is 27.3 Å². The lowest BCUT2D eigenvalue weighted by molar-refractivity contribution is 0.625. The molecule has 1 aromatic carbocycles. The molecule has 1 unspecified atom stereocenters. The molecule has 18 heavy (non-hydrogen) atoms. The summed E-state index contributed by atoms with van der Waals surface area (Å²) in [6, 6.07) is 4.23. The average molecular weight is 329 g/mol. The van der Waals surface area contributed by atoms with Gasteiger partial charge >= 0.3 is 0 Å². The van der Waals surface area contributed by atoms with Gasteiger partial charge in [-0.3, -0.25) is 0 Å². The predicted octanol–water partition coefficient (Wildman–Crippen LogP) is 3.96. The summed E-state index contributed by atoms with van der Waals surface area (Å²) in [6.45, 7) is 4.12. The Morgan fingerprint density at radius 2 is 2.22 bits per heavy atom. The van der Waals surface area contributed by atoms with Gasteiger partial charge in [0.25, 0.3) is 0 Å². The Labute approximate surface area is 118 Å². The van der Waals surface area contributed by atoms with Crippen molar-refractivity contribution < 1.29 is 4.39 Å². The van der Waals surface area contributed by atoms with Crippen LogP contribution in [0.3, 0.4) is 0 Å². The van der Waals surface area contributed by atoms with E-state index in [1.54, 1.807) is 17.4 Å². The lowest BCUT2D eigenvalue weighted by Crippen LogP contribution is -2.12. The van der Waals surface area contributed by atoms with Crippen LogP contribution in [0.4, 0.5) is 4.39 Å². The standard InChI is InChI=1S/C13H14BrFN2S/c1-3-11-7(2)18-13(17-11)12(16)9-5-4-8(15)6-10(9)14/h4-6,12H,3,16H2,1-2H3. The van der Waals surface area contributed by atoms with Crippen molar-refractivity contribution in [3.8, 4) is 0 Å². The second-order valence-electron chi connectivity index (χ2n) is 4.05. The van der Waals surface area contributed by atoms with Crippen LogP contribution in [0, 0.1) is 12.7 Å². The third-order valence-corrected chi connectivity index (χ3v) is 4.59. The Morgan fingerprint density at radius 1 is 1.50 bits per heavy atom. The van der Waals surface area contributed by atoms with Crippen molar-refractivity contribution in [1.82, 2.24) is 4.98 Å². The summed E-state index contributed by atoms with van der Waals surface area (Å²) in [4.78, 5) is 5.74. The van der Waals surface area contributed by atoms with E-state index in [1.807, 2.05) is 6.92 Å². The number of benzene rings is 1. The second kappa shape index (κ2) is 5.47. The largest absolute Gasteiger partial charge is 0.318 e. The summed E-state index contributed by atoms with van der Waals surface area (Å²) in [6.07, 6.45) is 0.902. The summed E-state index contributed by atoms with van der Waals surface area (Å²) >= 11 is 4.95. The zero-order chi connectivity index (χ0) is 13.3. The highest BCUT2D eigenvalue weighted by Gasteiger charge is 2.17. The van der Waals surface area contributed by atoms with E-state index >= 15 is 0 Å². The maximum absolute atomic E-state index is 13.1. The topological polar surface area (TPSA) is 38.9 Å². The molecule has 0 bridgehead atoms. The van der Waals surface area contributed by atoms with Gasteiger partial charge in [0.2, 0.25) is 0 Å². The van der Waals surface area contributed by atoms with Gasteiger partial charge < -0.3 is 5.73 Å². The van der Waals surface area contributed by atoms with E-state index in [-0.39, 0.29) is 11.9 Å². The molecule has 0 fully saturated rings. The van der Waals surface area contributed by atoms with Gasteiger partial charge in [0, 0.05) is 9.35 Å². The fourth-order valence-electron chi connectivity index (χ4n) is 1.80. The molecule has 96 valence electrons. The summed E-state index contributed by atoms with van der Waals surface area (Å²) in [7, 11) is 0. The van der Waals surface area contributed by atoms with Gasteiger partial charge in [0.05, 0.1) is 11.7 Å². The van der Waals surface area contributed by atoms with Crippen LogP contribution < -0.4 is 5.73 Å². The molecule has 0 saturated carbocycles. The van der Waals surface area contributed by atoms with Crippen LogP contribution in [0.1, 0.15) is 34.1 Å². The van der Waals surface area contributed by atoms with E-state index in [0.29, 0.717) is 4.47 Å². The Morgan fingerprint density at radius 3 is 2.78 bits per heavy atom. The lowest BCUT2D eigenvalue weighted by atomic mass is 10.1. The van der Waals surface area contributed by atoms with E-state index in [2.05, 4.69) is 27.8 Å². The molecule has 0 amide bonds. The molecule has 0 aliphatic carbocycles. The fraction of sp³-hybridized carbons (Fsp3) is 0.308. The number of hydrogen-bond acceptors (Lipinski definition) is 3. The van der Waals surface area contributed by atoms with Gasteiger partial charge in [-0.25, -0.2) is 9.37 Å². The monoisotopic (exact) mass is 328 g/mol. The molecule has 0 spiro atoms. The first-order chi connectivity index (χ1) is 8.52. The number of nitrogens with zero attached hydrogens (tertiary/aromatic N) is 1. The zero-order valence-corrected chi connectivity index (χ0v) is 12.6. The minimum atomic E-state index is -0.316. The predicted molar refractivity (Wildman–Crippen MR) is 76.4 cm³/mol. The summed E-state index contributed by atoms with van der Waals surface area (Å²) < 4.78 is 13.7. The molecule has 2 aromatic rings. The molecule has 1 atom stereocenters. The molecule has 1 heterocycles. The van der Waals surface area contributed by atoms with Crippen LogP contribution in [0.25, 0.3) is 0 Å². The first-order valence-electron chi connectivity index (χ1n) is 5.69.